The van der Waals surface area contributed by atoms with Gasteiger partial charge in [-0.2, -0.15) is 0 Å². The first kappa shape index (κ1) is 11.7. The summed E-state index contributed by atoms with van der Waals surface area (Å²) < 4.78 is 5.79. The smallest absolute Gasteiger partial charge is 0.209 e. The van der Waals surface area contributed by atoms with Crippen molar-refractivity contribution in [3.05, 3.63) is 30.2 Å². The minimum atomic E-state index is 0.517. The Balaban J connectivity index is 1.82. The van der Waals surface area contributed by atoms with Crippen LogP contribution in [0.25, 0.3) is 11.1 Å². The van der Waals surface area contributed by atoms with Gasteiger partial charge < -0.3 is 9.73 Å². The SMILES string of the molecule is CC1CNCC(C)N1Cc1nc2ccccc2o1. The minimum Gasteiger partial charge on any atom is -0.439 e. The van der Waals surface area contributed by atoms with Crippen LogP contribution in [0, 0.1) is 0 Å². The van der Waals surface area contributed by atoms with Crippen LogP contribution in [0.4, 0.5) is 0 Å². The first-order valence-electron chi connectivity index (χ1n) is 6.55. The van der Waals surface area contributed by atoms with Crippen LogP contribution in [0.5, 0.6) is 0 Å². The zero-order valence-corrected chi connectivity index (χ0v) is 10.9. The standard InChI is InChI=1S/C14H19N3O/c1-10-7-15-8-11(2)17(10)9-14-16-12-5-3-4-6-13(12)18-14/h3-6,10-11,15H,7-9H2,1-2H3. The molecule has 1 aromatic carbocycles. The number of nitrogens with zero attached hydrogens (tertiary/aromatic N) is 2. The molecule has 1 aliphatic heterocycles. The van der Waals surface area contributed by atoms with Gasteiger partial charge in [-0.3, -0.25) is 4.90 Å². The number of oxazole rings is 1. The molecule has 0 amide bonds. The fourth-order valence-electron chi connectivity index (χ4n) is 2.63. The zero-order valence-electron chi connectivity index (χ0n) is 10.9. The first-order valence-corrected chi connectivity index (χ1v) is 6.55. The van der Waals surface area contributed by atoms with E-state index in [1.165, 1.54) is 0 Å². The van der Waals surface area contributed by atoms with Gasteiger partial charge in [-0.25, -0.2) is 4.98 Å². The van der Waals surface area contributed by atoms with Crippen LogP contribution >= 0.6 is 0 Å². The zero-order chi connectivity index (χ0) is 12.5. The van der Waals surface area contributed by atoms with Gasteiger partial charge in [0.25, 0.3) is 0 Å². The van der Waals surface area contributed by atoms with Crippen molar-refractivity contribution >= 4 is 11.1 Å². The third-order valence-corrected chi connectivity index (χ3v) is 3.67. The summed E-state index contributed by atoms with van der Waals surface area (Å²) in [6.07, 6.45) is 0. The molecule has 0 radical (unpaired) electrons. The highest BCUT2D eigenvalue weighted by Gasteiger charge is 2.25. The fourth-order valence-corrected chi connectivity index (χ4v) is 2.63. The van der Waals surface area contributed by atoms with Gasteiger partial charge in [-0.05, 0) is 26.0 Å². The molecule has 1 fully saturated rings. The summed E-state index contributed by atoms with van der Waals surface area (Å²) >= 11 is 0. The van der Waals surface area contributed by atoms with E-state index in [-0.39, 0.29) is 0 Å². The van der Waals surface area contributed by atoms with E-state index < -0.39 is 0 Å². The highest BCUT2D eigenvalue weighted by Crippen LogP contribution is 2.19. The van der Waals surface area contributed by atoms with Crippen molar-refractivity contribution in [1.82, 2.24) is 15.2 Å². The van der Waals surface area contributed by atoms with Crippen molar-refractivity contribution in [2.45, 2.75) is 32.5 Å². The molecule has 2 atom stereocenters. The quantitative estimate of drug-likeness (QED) is 0.878. The first-order chi connectivity index (χ1) is 8.74. The van der Waals surface area contributed by atoms with Gasteiger partial charge >= 0.3 is 0 Å². The number of para-hydroxylation sites is 2. The van der Waals surface area contributed by atoms with Crippen molar-refractivity contribution in [1.29, 1.82) is 0 Å². The monoisotopic (exact) mass is 245 g/mol. The molecule has 0 spiro atoms. The molecular formula is C14H19N3O. The lowest BCUT2D eigenvalue weighted by atomic mass is 10.1. The van der Waals surface area contributed by atoms with Gasteiger partial charge in [0.2, 0.25) is 5.89 Å². The number of nitrogens with one attached hydrogen (secondary N) is 1. The van der Waals surface area contributed by atoms with Crippen LogP contribution in [0.2, 0.25) is 0 Å². The van der Waals surface area contributed by atoms with Crippen molar-refractivity contribution < 1.29 is 4.42 Å². The highest BCUT2D eigenvalue weighted by molar-refractivity contribution is 5.72. The molecule has 18 heavy (non-hydrogen) atoms. The molecule has 3 rings (SSSR count). The van der Waals surface area contributed by atoms with Crippen molar-refractivity contribution in [3.8, 4) is 0 Å². The maximum absolute atomic E-state index is 5.79. The number of benzene rings is 1. The van der Waals surface area contributed by atoms with E-state index in [0.29, 0.717) is 12.1 Å². The molecule has 1 aliphatic rings. The van der Waals surface area contributed by atoms with E-state index in [9.17, 15) is 0 Å². The van der Waals surface area contributed by atoms with Crippen LogP contribution in [0.15, 0.2) is 28.7 Å². The molecule has 4 heteroatoms. The number of fused-ring (bicyclic) bond motifs is 1. The topological polar surface area (TPSA) is 41.3 Å². The van der Waals surface area contributed by atoms with E-state index >= 15 is 0 Å². The Labute approximate surface area is 107 Å². The van der Waals surface area contributed by atoms with Crippen LogP contribution in [-0.2, 0) is 6.54 Å². The van der Waals surface area contributed by atoms with E-state index in [0.717, 1.165) is 36.6 Å². The summed E-state index contributed by atoms with van der Waals surface area (Å²) in [7, 11) is 0. The molecule has 0 aliphatic carbocycles. The lowest BCUT2D eigenvalue weighted by molar-refractivity contribution is 0.0985. The van der Waals surface area contributed by atoms with Gasteiger partial charge in [0.15, 0.2) is 5.58 Å². The Morgan fingerprint density at radius 1 is 1.28 bits per heavy atom. The Morgan fingerprint density at radius 3 is 2.72 bits per heavy atom. The molecule has 2 aromatic rings. The Hall–Kier alpha value is -1.39. The van der Waals surface area contributed by atoms with Crippen LogP contribution in [0.1, 0.15) is 19.7 Å². The summed E-state index contributed by atoms with van der Waals surface area (Å²) in [5, 5.41) is 3.43. The maximum atomic E-state index is 5.79. The molecular weight excluding hydrogens is 226 g/mol. The Morgan fingerprint density at radius 2 is 2.00 bits per heavy atom. The van der Waals surface area contributed by atoms with Gasteiger partial charge in [0.05, 0.1) is 6.54 Å². The Kier molecular flexibility index (Phi) is 3.06. The Bertz CT molecular complexity index is 494. The molecule has 0 saturated carbocycles. The molecule has 1 N–H and O–H groups in total. The average molecular weight is 245 g/mol. The van der Waals surface area contributed by atoms with E-state index in [1.807, 2.05) is 24.3 Å². The van der Waals surface area contributed by atoms with Gasteiger partial charge in [-0.15, -0.1) is 0 Å². The van der Waals surface area contributed by atoms with Crippen LogP contribution in [0.3, 0.4) is 0 Å². The largest absolute Gasteiger partial charge is 0.439 e. The van der Waals surface area contributed by atoms with Crippen molar-refractivity contribution in [3.63, 3.8) is 0 Å². The lowest BCUT2D eigenvalue weighted by Crippen LogP contribution is -2.54. The average Bonchev–Trinajstić information content (AvgIpc) is 2.76. The normalized spacial score (nSPS) is 25.7. The molecule has 4 nitrogen and oxygen atoms in total. The summed E-state index contributed by atoms with van der Waals surface area (Å²) in [6, 6.07) is 8.97. The fraction of sp³-hybridized carbons (Fsp3) is 0.500. The predicted molar refractivity (Wildman–Crippen MR) is 71.3 cm³/mol. The van der Waals surface area contributed by atoms with E-state index in [4.69, 9.17) is 4.42 Å². The second-order valence-corrected chi connectivity index (χ2v) is 5.10. The number of hydrogen-bond acceptors (Lipinski definition) is 4. The highest BCUT2D eigenvalue weighted by atomic mass is 16.3. The van der Waals surface area contributed by atoms with E-state index in [1.54, 1.807) is 0 Å². The third kappa shape index (κ3) is 2.13. The van der Waals surface area contributed by atoms with Gasteiger partial charge in [0, 0.05) is 25.2 Å². The maximum Gasteiger partial charge on any atom is 0.209 e. The molecule has 1 saturated heterocycles. The molecule has 0 bridgehead atoms. The van der Waals surface area contributed by atoms with Gasteiger partial charge in [0.1, 0.15) is 5.52 Å². The molecule has 96 valence electrons. The summed E-state index contributed by atoms with van der Waals surface area (Å²) in [4.78, 5) is 6.99. The van der Waals surface area contributed by atoms with E-state index in [2.05, 4.69) is 29.0 Å². The summed E-state index contributed by atoms with van der Waals surface area (Å²) in [5.41, 5.74) is 1.82. The lowest BCUT2D eigenvalue weighted by Gasteiger charge is -2.38. The molecule has 2 heterocycles. The summed E-state index contributed by atoms with van der Waals surface area (Å²) in [6.45, 7) is 7.34. The van der Waals surface area contributed by atoms with Crippen molar-refractivity contribution in [2.75, 3.05) is 13.1 Å². The number of aromatic nitrogens is 1. The number of hydrogen-bond donors (Lipinski definition) is 1. The van der Waals surface area contributed by atoms with Crippen molar-refractivity contribution in [2.24, 2.45) is 0 Å². The molecule has 2 unspecified atom stereocenters. The van der Waals surface area contributed by atoms with Gasteiger partial charge in [-0.1, -0.05) is 12.1 Å². The summed E-state index contributed by atoms with van der Waals surface area (Å²) in [5.74, 6) is 0.816. The molecule has 1 aromatic heterocycles. The second-order valence-electron chi connectivity index (χ2n) is 5.10. The number of rotatable bonds is 2. The number of piperazine rings is 1. The second kappa shape index (κ2) is 4.71. The van der Waals surface area contributed by atoms with Crippen LogP contribution in [-0.4, -0.2) is 35.1 Å². The third-order valence-electron chi connectivity index (χ3n) is 3.67. The predicted octanol–water partition coefficient (Wildman–Crippen LogP) is 2.01. The van der Waals surface area contributed by atoms with Crippen LogP contribution < -0.4 is 5.32 Å². The minimum absolute atomic E-state index is 0.517.